The van der Waals surface area contributed by atoms with E-state index in [2.05, 4.69) is 9.88 Å². The summed E-state index contributed by atoms with van der Waals surface area (Å²) in [7, 11) is -3.73. The molecular formula is C27H33FN4O5S2. The lowest BCUT2D eigenvalue weighted by Gasteiger charge is -2.34. The average Bonchev–Trinajstić information content (AvgIpc) is 3.36. The Bertz CT molecular complexity index is 1400. The molecule has 0 N–H and O–H groups in total. The van der Waals surface area contributed by atoms with Crippen LogP contribution in [0.4, 0.5) is 9.52 Å². The number of nitrogens with zero attached hydrogens (tertiary/aromatic N) is 4. The van der Waals surface area contributed by atoms with Crippen LogP contribution in [0, 0.1) is 5.82 Å². The summed E-state index contributed by atoms with van der Waals surface area (Å²) in [6.45, 7) is 8.50. The molecule has 2 saturated heterocycles. The maximum atomic E-state index is 14.4. The third kappa shape index (κ3) is 6.31. The molecule has 2 aromatic carbocycles. The molecule has 3 aromatic rings. The van der Waals surface area contributed by atoms with Gasteiger partial charge in [0.25, 0.3) is 5.91 Å². The minimum absolute atomic E-state index is 0.126. The van der Waals surface area contributed by atoms with Gasteiger partial charge in [-0.2, -0.15) is 4.31 Å². The quantitative estimate of drug-likeness (QED) is 0.405. The van der Waals surface area contributed by atoms with Crippen LogP contribution < -0.4 is 4.90 Å². The van der Waals surface area contributed by atoms with Crippen LogP contribution in [0.1, 0.15) is 30.6 Å². The summed E-state index contributed by atoms with van der Waals surface area (Å²) in [5.41, 5.74) is 0.572. The van der Waals surface area contributed by atoms with Gasteiger partial charge in [0.2, 0.25) is 10.0 Å². The number of anilines is 1. The monoisotopic (exact) mass is 576 g/mol. The minimum atomic E-state index is -3.73. The van der Waals surface area contributed by atoms with Crippen LogP contribution in [0.5, 0.6) is 0 Å². The molecule has 2 aliphatic rings. The van der Waals surface area contributed by atoms with Crippen molar-refractivity contribution in [1.29, 1.82) is 0 Å². The summed E-state index contributed by atoms with van der Waals surface area (Å²) in [4.78, 5) is 22.2. The van der Waals surface area contributed by atoms with Crippen LogP contribution in [0.2, 0.25) is 0 Å². The van der Waals surface area contributed by atoms with Crippen LogP contribution in [0.3, 0.4) is 0 Å². The molecule has 3 heterocycles. The first-order valence-corrected chi connectivity index (χ1v) is 15.4. The highest BCUT2D eigenvalue weighted by atomic mass is 32.2. The Labute approximate surface area is 232 Å². The fourth-order valence-electron chi connectivity index (χ4n) is 4.98. The van der Waals surface area contributed by atoms with Gasteiger partial charge in [-0.05, 0) is 56.7 Å². The first-order valence-electron chi connectivity index (χ1n) is 13.1. The van der Waals surface area contributed by atoms with Crippen LogP contribution in [0.15, 0.2) is 47.4 Å². The number of aromatic nitrogens is 1. The van der Waals surface area contributed by atoms with E-state index in [0.717, 1.165) is 19.6 Å². The Kier molecular flexibility index (Phi) is 8.60. The van der Waals surface area contributed by atoms with Gasteiger partial charge in [0.15, 0.2) is 5.13 Å². The second-order valence-corrected chi connectivity index (χ2v) is 12.9. The van der Waals surface area contributed by atoms with Gasteiger partial charge < -0.3 is 9.47 Å². The van der Waals surface area contributed by atoms with E-state index in [1.54, 1.807) is 17.0 Å². The number of carbonyl (C=O) groups excluding carboxylic acids is 1. The molecule has 0 spiro atoms. The molecule has 0 saturated carbocycles. The van der Waals surface area contributed by atoms with Crippen LogP contribution in [-0.2, 0) is 19.5 Å². The fraction of sp³-hybridized carbons (Fsp3) is 0.481. The number of halogens is 1. The summed E-state index contributed by atoms with van der Waals surface area (Å²) in [5.74, 6) is -0.744. The molecule has 0 radical (unpaired) electrons. The molecule has 0 aliphatic carbocycles. The van der Waals surface area contributed by atoms with E-state index in [4.69, 9.17) is 9.47 Å². The van der Waals surface area contributed by atoms with E-state index in [0.29, 0.717) is 41.6 Å². The number of sulfonamides is 1. The van der Waals surface area contributed by atoms with Crippen molar-refractivity contribution in [3.63, 3.8) is 0 Å². The maximum absolute atomic E-state index is 14.4. The van der Waals surface area contributed by atoms with E-state index >= 15 is 0 Å². The Morgan fingerprint density at radius 2 is 1.79 bits per heavy atom. The molecule has 9 nitrogen and oxygen atoms in total. The topological polar surface area (TPSA) is 92.3 Å². The van der Waals surface area contributed by atoms with Crippen molar-refractivity contribution in [2.75, 3.05) is 57.4 Å². The number of morpholine rings is 2. The second kappa shape index (κ2) is 11.9. The zero-order valence-electron chi connectivity index (χ0n) is 22.1. The molecule has 1 aromatic heterocycles. The highest BCUT2D eigenvalue weighted by molar-refractivity contribution is 7.89. The largest absolute Gasteiger partial charge is 0.379 e. The van der Waals surface area contributed by atoms with Crippen molar-refractivity contribution >= 4 is 42.6 Å². The number of fused-ring (bicyclic) bond motifs is 1. The lowest BCUT2D eigenvalue weighted by atomic mass is 10.2. The number of hydrogen-bond acceptors (Lipinski definition) is 8. The van der Waals surface area contributed by atoms with Gasteiger partial charge in [-0.25, -0.2) is 17.8 Å². The lowest BCUT2D eigenvalue weighted by Crippen LogP contribution is -2.48. The Balaban J connectivity index is 1.37. The van der Waals surface area contributed by atoms with E-state index < -0.39 is 15.8 Å². The van der Waals surface area contributed by atoms with Gasteiger partial charge in [0.05, 0.1) is 35.0 Å². The molecule has 39 heavy (non-hydrogen) atoms. The number of para-hydroxylation sites is 1. The first-order chi connectivity index (χ1) is 18.7. The third-order valence-electron chi connectivity index (χ3n) is 6.92. The molecular weight excluding hydrogens is 543 g/mol. The molecule has 0 bridgehead atoms. The van der Waals surface area contributed by atoms with Crippen molar-refractivity contribution in [1.82, 2.24) is 14.2 Å². The number of benzene rings is 2. The highest BCUT2D eigenvalue weighted by Gasteiger charge is 2.32. The maximum Gasteiger partial charge on any atom is 0.260 e. The van der Waals surface area contributed by atoms with Crippen LogP contribution >= 0.6 is 11.3 Å². The number of hydrogen-bond donors (Lipinski definition) is 0. The molecule has 210 valence electrons. The smallest absolute Gasteiger partial charge is 0.260 e. The predicted molar refractivity (Wildman–Crippen MR) is 148 cm³/mol. The second-order valence-electron chi connectivity index (χ2n) is 9.95. The average molecular weight is 577 g/mol. The molecule has 2 atom stereocenters. The summed E-state index contributed by atoms with van der Waals surface area (Å²) in [6, 6.07) is 10.8. The van der Waals surface area contributed by atoms with Gasteiger partial charge in [-0.15, -0.1) is 0 Å². The van der Waals surface area contributed by atoms with E-state index in [-0.39, 0.29) is 41.6 Å². The highest BCUT2D eigenvalue weighted by Crippen LogP contribution is 2.31. The van der Waals surface area contributed by atoms with Gasteiger partial charge in [-0.1, -0.05) is 17.4 Å². The Morgan fingerprint density at radius 1 is 1.10 bits per heavy atom. The number of rotatable bonds is 8. The summed E-state index contributed by atoms with van der Waals surface area (Å²) in [5, 5.41) is 0.412. The van der Waals surface area contributed by atoms with Crippen LogP contribution in [0.25, 0.3) is 10.2 Å². The van der Waals surface area contributed by atoms with Crippen molar-refractivity contribution in [2.45, 2.75) is 37.4 Å². The molecule has 1 amide bonds. The molecule has 2 aliphatic heterocycles. The van der Waals surface area contributed by atoms with E-state index in [1.807, 2.05) is 13.8 Å². The first kappa shape index (κ1) is 28.1. The van der Waals surface area contributed by atoms with Gasteiger partial charge in [0.1, 0.15) is 11.3 Å². The summed E-state index contributed by atoms with van der Waals surface area (Å²) >= 11 is 1.26. The third-order valence-corrected chi connectivity index (χ3v) is 9.81. The number of carbonyl (C=O) groups is 1. The SMILES string of the molecule is CC1CN(S(=O)(=O)c2ccc(C(=O)N(CCCN3CCOCC3)c3nc4c(F)cccc4s3)cc2)CC(C)O1. The fourth-order valence-corrected chi connectivity index (χ4v) is 7.58. The van der Waals surface area contributed by atoms with Crippen LogP contribution in [-0.4, -0.2) is 93.2 Å². The van der Waals surface area contributed by atoms with Gasteiger partial charge in [0, 0.05) is 44.8 Å². The molecule has 2 fully saturated rings. The number of ether oxygens (including phenoxy) is 2. The molecule has 2 unspecified atom stereocenters. The zero-order valence-corrected chi connectivity index (χ0v) is 23.7. The Morgan fingerprint density at radius 3 is 2.46 bits per heavy atom. The van der Waals surface area contributed by atoms with Crippen molar-refractivity contribution < 1.29 is 27.1 Å². The normalized spacial score (nSPS) is 21.3. The zero-order chi connectivity index (χ0) is 27.6. The van der Waals surface area contributed by atoms with Crippen molar-refractivity contribution in [2.24, 2.45) is 0 Å². The predicted octanol–water partition coefficient (Wildman–Crippen LogP) is 3.60. The molecule has 12 heteroatoms. The summed E-state index contributed by atoms with van der Waals surface area (Å²) in [6.07, 6.45) is 0.299. The van der Waals surface area contributed by atoms with E-state index in [1.165, 1.54) is 46.0 Å². The van der Waals surface area contributed by atoms with Crippen molar-refractivity contribution in [3.8, 4) is 0 Å². The molecule has 5 rings (SSSR count). The Hall–Kier alpha value is -2.48. The standard InChI is InChI=1S/C27H33FN4O5S2/c1-19-17-31(18-20(2)37-19)39(34,35)22-9-7-21(8-10-22)26(33)32(12-4-11-30-13-15-36-16-14-30)27-29-25-23(28)5-3-6-24(25)38-27/h3,5-10,19-20H,4,11-18H2,1-2H3. The van der Waals surface area contributed by atoms with E-state index in [9.17, 15) is 17.6 Å². The lowest BCUT2D eigenvalue weighted by molar-refractivity contribution is -0.0440. The van der Waals surface area contributed by atoms with Crippen molar-refractivity contribution in [3.05, 3.63) is 53.8 Å². The minimum Gasteiger partial charge on any atom is -0.379 e. The summed E-state index contributed by atoms with van der Waals surface area (Å²) < 4.78 is 54.1. The van der Waals surface area contributed by atoms with Gasteiger partial charge in [-0.3, -0.25) is 14.6 Å². The number of amides is 1. The van der Waals surface area contributed by atoms with Gasteiger partial charge >= 0.3 is 0 Å². The number of thiazole rings is 1.